The van der Waals surface area contributed by atoms with E-state index in [9.17, 15) is 8.78 Å². The summed E-state index contributed by atoms with van der Waals surface area (Å²) in [5.74, 6) is -3.81. The maximum atomic E-state index is 13.4. The summed E-state index contributed by atoms with van der Waals surface area (Å²) in [5, 5.41) is 0. The van der Waals surface area contributed by atoms with E-state index >= 15 is 0 Å². The highest BCUT2D eigenvalue weighted by molar-refractivity contribution is 4.95. The highest BCUT2D eigenvalue weighted by atomic mass is 19.3. The summed E-state index contributed by atoms with van der Waals surface area (Å²) in [6.45, 7) is 0.356. The molecule has 1 heterocycles. The van der Waals surface area contributed by atoms with Crippen molar-refractivity contribution >= 4 is 0 Å². The fraction of sp³-hybridized carbons (Fsp3) is 1.00. The summed E-state index contributed by atoms with van der Waals surface area (Å²) >= 11 is 0. The van der Waals surface area contributed by atoms with E-state index in [0.717, 1.165) is 0 Å². The predicted molar refractivity (Wildman–Crippen MR) is 40.0 cm³/mol. The van der Waals surface area contributed by atoms with Crippen molar-refractivity contribution in [3.05, 3.63) is 0 Å². The number of ether oxygens (including phenoxy) is 1. The van der Waals surface area contributed by atoms with Crippen molar-refractivity contribution in [1.29, 1.82) is 0 Å². The van der Waals surface area contributed by atoms with Crippen LogP contribution in [0.25, 0.3) is 0 Å². The van der Waals surface area contributed by atoms with Crippen molar-refractivity contribution in [3.8, 4) is 0 Å². The lowest BCUT2D eigenvalue weighted by Crippen LogP contribution is -2.54. The number of hydrogen-bond donors (Lipinski definition) is 1. The summed E-state index contributed by atoms with van der Waals surface area (Å²) < 4.78 is 31.8. The van der Waals surface area contributed by atoms with Gasteiger partial charge >= 0.3 is 0 Å². The van der Waals surface area contributed by atoms with Crippen LogP contribution in [0.15, 0.2) is 0 Å². The van der Waals surface area contributed by atoms with E-state index in [2.05, 4.69) is 0 Å². The molecule has 0 aromatic rings. The van der Waals surface area contributed by atoms with E-state index in [1.54, 1.807) is 0 Å². The van der Waals surface area contributed by atoms with Crippen LogP contribution in [0, 0.1) is 11.8 Å². The van der Waals surface area contributed by atoms with Crippen molar-refractivity contribution in [2.75, 3.05) is 13.2 Å². The minimum absolute atomic E-state index is 0.0523. The Bertz CT molecular complexity index is 170. The van der Waals surface area contributed by atoms with E-state index in [-0.39, 0.29) is 19.3 Å². The second-order valence-corrected chi connectivity index (χ2v) is 3.84. The molecule has 0 amide bonds. The zero-order valence-electron chi connectivity index (χ0n) is 6.80. The molecule has 0 spiro atoms. The Morgan fingerprint density at radius 2 is 1.67 bits per heavy atom. The summed E-state index contributed by atoms with van der Waals surface area (Å²) in [5.41, 5.74) is 5.66. The van der Waals surface area contributed by atoms with E-state index in [0.29, 0.717) is 12.8 Å². The molecule has 2 aliphatic rings. The van der Waals surface area contributed by atoms with Crippen LogP contribution in [0.4, 0.5) is 8.78 Å². The van der Waals surface area contributed by atoms with E-state index in [1.807, 2.05) is 0 Å². The van der Waals surface area contributed by atoms with Gasteiger partial charge in [-0.1, -0.05) is 0 Å². The molecule has 4 heteroatoms. The highest BCUT2D eigenvalue weighted by Gasteiger charge is 2.53. The molecule has 2 rings (SSSR count). The largest absolute Gasteiger partial charge is 0.380 e. The van der Waals surface area contributed by atoms with Crippen LogP contribution in [0.5, 0.6) is 0 Å². The number of hydrogen-bond acceptors (Lipinski definition) is 2. The molecule has 0 aromatic heterocycles. The fourth-order valence-electron chi connectivity index (χ4n) is 2.19. The molecule has 1 aliphatic heterocycles. The monoisotopic (exact) mass is 177 g/mol. The molecule has 1 saturated carbocycles. The molecule has 2 fully saturated rings. The number of halogens is 2. The SMILES string of the molecule is NC1CC2COCC(C1)C2(F)F. The minimum atomic E-state index is -2.53. The van der Waals surface area contributed by atoms with Crippen molar-refractivity contribution in [2.45, 2.75) is 24.8 Å². The van der Waals surface area contributed by atoms with Crippen LogP contribution < -0.4 is 5.73 Å². The van der Waals surface area contributed by atoms with E-state index in [4.69, 9.17) is 10.5 Å². The van der Waals surface area contributed by atoms with Crippen LogP contribution in [-0.4, -0.2) is 25.2 Å². The van der Waals surface area contributed by atoms with Gasteiger partial charge in [-0.15, -0.1) is 0 Å². The summed E-state index contributed by atoms with van der Waals surface area (Å²) in [6.07, 6.45) is 0.812. The molecule has 2 unspecified atom stereocenters. The Kier molecular flexibility index (Phi) is 1.84. The normalized spacial score (nSPS) is 45.8. The van der Waals surface area contributed by atoms with Crippen LogP contribution in [0.1, 0.15) is 12.8 Å². The first-order valence-corrected chi connectivity index (χ1v) is 4.32. The topological polar surface area (TPSA) is 35.2 Å². The Labute approximate surface area is 70.1 Å². The predicted octanol–water partition coefficient (Wildman–Crippen LogP) is 1.01. The zero-order valence-corrected chi connectivity index (χ0v) is 6.80. The average Bonchev–Trinajstić information content (AvgIpc) is 1.92. The summed E-state index contributed by atoms with van der Waals surface area (Å²) in [7, 11) is 0. The Hall–Kier alpha value is -0.220. The van der Waals surface area contributed by atoms with Gasteiger partial charge < -0.3 is 10.5 Å². The van der Waals surface area contributed by atoms with Crippen molar-refractivity contribution in [2.24, 2.45) is 17.6 Å². The third kappa shape index (κ3) is 1.13. The summed E-state index contributed by atoms with van der Waals surface area (Å²) in [4.78, 5) is 0. The molecule has 1 saturated heterocycles. The zero-order chi connectivity index (χ0) is 8.77. The van der Waals surface area contributed by atoms with Gasteiger partial charge in [0, 0.05) is 17.9 Å². The molecular weight excluding hydrogens is 164 g/mol. The molecule has 1 aliphatic carbocycles. The lowest BCUT2D eigenvalue weighted by Gasteiger charge is -2.44. The first-order chi connectivity index (χ1) is 5.60. The molecule has 2 N–H and O–H groups in total. The third-order valence-corrected chi connectivity index (χ3v) is 2.90. The quantitative estimate of drug-likeness (QED) is 0.599. The van der Waals surface area contributed by atoms with Gasteiger partial charge in [0.25, 0.3) is 5.92 Å². The lowest BCUT2D eigenvalue weighted by molar-refractivity contribution is -0.206. The summed E-state index contributed by atoms with van der Waals surface area (Å²) in [6, 6.07) is -0.0523. The number of alkyl halides is 2. The number of rotatable bonds is 0. The van der Waals surface area contributed by atoms with Crippen LogP contribution in [0.3, 0.4) is 0 Å². The molecule has 0 aromatic carbocycles. The van der Waals surface area contributed by atoms with Crippen molar-refractivity contribution in [1.82, 2.24) is 0 Å². The van der Waals surface area contributed by atoms with E-state index in [1.165, 1.54) is 0 Å². The van der Waals surface area contributed by atoms with Gasteiger partial charge in [0.05, 0.1) is 13.2 Å². The van der Waals surface area contributed by atoms with E-state index < -0.39 is 17.8 Å². The van der Waals surface area contributed by atoms with Gasteiger partial charge in [0.2, 0.25) is 0 Å². The molecule has 2 nitrogen and oxygen atoms in total. The van der Waals surface area contributed by atoms with Crippen molar-refractivity contribution in [3.63, 3.8) is 0 Å². The molecule has 2 bridgehead atoms. The second kappa shape index (κ2) is 2.64. The second-order valence-electron chi connectivity index (χ2n) is 3.84. The molecule has 0 radical (unpaired) electrons. The van der Waals surface area contributed by atoms with Crippen LogP contribution in [-0.2, 0) is 4.74 Å². The molecule has 12 heavy (non-hydrogen) atoms. The van der Waals surface area contributed by atoms with Gasteiger partial charge in [0.15, 0.2) is 0 Å². The minimum Gasteiger partial charge on any atom is -0.380 e. The standard InChI is InChI=1S/C8H13F2NO/c9-8(10)5-1-7(11)2-6(8)4-12-3-5/h5-7H,1-4,11H2. The average molecular weight is 177 g/mol. The van der Waals surface area contributed by atoms with Gasteiger partial charge in [-0.2, -0.15) is 0 Å². The van der Waals surface area contributed by atoms with Gasteiger partial charge in [0.1, 0.15) is 0 Å². The Balaban J connectivity index is 2.18. The maximum Gasteiger partial charge on any atom is 0.258 e. The van der Waals surface area contributed by atoms with Gasteiger partial charge in [-0.05, 0) is 12.8 Å². The highest BCUT2D eigenvalue weighted by Crippen LogP contribution is 2.45. The van der Waals surface area contributed by atoms with Gasteiger partial charge in [-0.25, -0.2) is 8.78 Å². The van der Waals surface area contributed by atoms with Crippen LogP contribution in [0.2, 0.25) is 0 Å². The Morgan fingerprint density at radius 3 is 2.17 bits per heavy atom. The third-order valence-electron chi connectivity index (χ3n) is 2.90. The lowest BCUT2D eigenvalue weighted by atomic mass is 9.74. The first-order valence-electron chi connectivity index (χ1n) is 4.32. The van der Waals surface area contributed by atoms with Crippen molar-refractivity contribution < 1.29 is 13.5 Å². The molecule has 70 valence electrons. The molecule has 2 atom stereocenters. The number of nitrogens with two attached hydrogens (primary N) is 1. The fourth-order valence-corrected chi connectivity index (χ4v) is 2.19. The van der Waals surface area contributed by atoms with Gasteiger partial charge in [-0.3, -0.25) is 0 Å². The first kappa shape index (κ1) is 8.38. The molecular formula is C8H13F2NO. The van der Waals surface area contributed by atoms with Crippen LogP contribution >= 0.6 is 0 Å². The maximum absolute atomic E-state index is 13.4. The smallest absolute Gasteiger partial charge is 0.258 e. The number of fused-ring (bicyclic) bond motifs is 2. The Morgan fingerprint density at radius 1 is 1.17 bits per heavy atom.